The fourth-order valence-electron chi connectivity index (χ4n) is 3.08. The Morgan fingerprint density at radius 1 is 0.900 bits per heavy atom. The molecule has 0 aromatic heterocycles. The summed E-state index contributed by atoms with van der Waals surface area (Å²) in [5, 5.41) is 2.58. The zero-order chi connectivity index (χ0) is 22.1. The summed E-state index contributed by atoms with van der Waals surface area (Å²) in [6.45, 7) is 5.04. The lowest BCUT2D eigenvalue weighted by atomic mass is 10.0. The summed E-state index contributed by atoms with van der Waals surface area (Å²) in [5.74, 6) is -1.38. The van der Waals surface area contributed by atoms with Gasteiger partial charge >= 0.3 is 6.18 Å². The van der Waals surface area contributed by atoms with E-state index in [1.54, 1.807) is 26.8 Å². The van der Waals surface area contributed by atoms with Crippen LogP contribution < -0.4 is 10.1 Å². The lowest BCUT2D eigenvalue weighted by molar-refractivity contribution is -0.138. The largest absolute Gasteiger partial charge is 0.457 e. The Hall–Kier alpha value is -3.35. The molecule has 7 heteroatoms. The number of aryl methyl sites for hydroxylation is 3. The molecule has 0 atom stereocenters. The standard InChI is InChI=1S/C23H19F4NO2/c1-13-4-9-18(23(25,26)27)20(12-13)30-17-7-5-16(6-8-17)28-22(29)21-15(3)10-14(2)11-19(21)24/h4-12H,1-3H3,(H,28,29). The fourth-order valence-corrected chi connectivity index (χ4v) is 3.08. The molecule has 1 amide bonds. The first-order valence-electron chi connectivity index (χ1n) is 9.08. The van der Waals surface area contributed by atoms with Gasteiger partial charge in [0.1, 0.15) is 17.3 Å². The van der Waals surface area contributed by atoms with E-state index in [2.05, 4.69) is 5.32 Å². The van der Waals surface area contributed by atoms with Gasteiger partial charge in [0.15, 0.2) is 0 Å². The summed E-state index contributed by atoms with van der Waals surface area (Å²) >= 11 is 0. The molecule has 0 radical (unpaired) electrons. The molecule has 0 saturated carbocycles. The highest BCUT2D eigenvalue weighted by Crippen LogP contribution is 2.38. The SMILES string of the molecule is Cc1cc(C)c(C(=O)Nc2ccc(Oc3cc(C)ccc3C(F)(F)F)cc2)c(F)c1. The predicted octanol–water partition coefficient (Wildman–Crippen LogP) is 6.81. The van der Waals surface area contributed by atoms with Crippen molar-refractivity contribution in [1.29, 1.82) is 0 Å². The van der Waals surface area contributed by atoms with Gasteiger partial charge in [0.25, 0.3) is 5.91 Å². The van der Waals surface area contributed by atoms with E-state index in [9.17, 15) is 22.4 Å². The first-order valence-corrected chi connectivity index (χ1v) is 9.08. The number of carbonyl (C=O) groups is 1. The van der Waals surface area contributed by atoms with E-state index in [4.69, 9.17) is 4.74 Å². The van der Waals surface area contributed by atoms with Gasteiger partial charge in [0, 0.05) is 5.69 Å². The van der Waals surface area contributed by atoms with Crippen LogP contribution in [0.25, 0.3) is 0 Å². The Bertz CT molecular complexity index is 1070. The van der Waals surface area contributed by atoms with Crippen LogP contribution in [0.2, 0.25) is 0 Å². The lowest BCUT2D eigenvalue weighted by Crippen LogP contribution is -2.15. The lowest BCUT2D eigenvalue weighted by Gasteiger charge is -2.15. The van der Waals surface area contributed by atoms with E-state index >= 15 is 0 Å². The molecule has 0 saturated heterocycles. The third-order valence-corrected chi connectivity index (χ3v) is 4.44. The van der Waals surface area contributed by atoms with Crippen LogP contribution in [0.1, 0.15) is 32.6 Å². The number of benzene rings is 3. The van der Waals surface area contributed by atoms with Crippen molar-refractivity contribution in [3.63, 3.8) is 0 Å². The molecule has 3 aromatic carbocycles. The molecule has 0 aliphatic rings. The maximum atomic E-state index is 14.2. The van der Waals surface area contributed by atoms with Gasteiger partial charge in [-0.05, 0) is 79.9 Å². The van der Waals surface area contributed by atoms with Crippen LogP contribution in [-0.4, -0.2) is 5.91 Å². The van der Waals surface area contributed by atoms with Crippen LogP contribution in [0.15, 0.2) is 54.6 Å². The molecular formula is C23H19F4NO2. The molecule has 0 fully saturated rings. The second kappa shape index (κ2) is 8.18. The quantitative estimate of drug-likeness (QED) is 0.473. The maximum absolute atomic E-state index is 14.2. The zero-order valence-electron chi connectivity index (χ0n) is 16.5. The van der Waals surface area contributed by atoms with Gasteiger partial charge in [-0.3, -0.25) is 4.79 Å². The van der Waals surface area contributed by atoms with Gasteiger partial charge in [0.05, 0.1) is 11.1 Å². The van der Waals surface area contributed by atoms with Gasteiger partial charge in [0.2, 0.25) is 0 Å². The number of anilines is 1. The molecule has 3 aromatic rings. The Balaban J connectivity index is 1.78. The highest BCUT2D eigenvalue weighted by Gasteiger charge is 2.34. The number of carbonyl (C=O) groups excluding carboxylic acids is 1. The molecule has 156 valence electrons. The third-order valence-electron chi connectivity index (χ3n) is 4.44. The van der Waals surface area contributed by atoms with Crippen molar-refractivity contribution < 1.29 is 27.1 Å². The monoisotopic (exact) mass is 417 g/mol. The van der Waals surface area contributed by atoms with Crippen molar-refractivity contribution in [2.24, 2.45) is 0 Å². The molecule has 0 aliphatic carbocycles. The van der Waals surface area contributed by atoms with Gasteiger partial charge < -0.3 is 10.1 Å². The van der Waals surface area contributed by atoms with Crippen LogP contribution in [0, 0.1) is 26.6 Å². The van der Waals surface area contributed by atoms with Gasteiger partial charge in [-0.2, -0.15) is 13.2 Å². The van der Waals surface area contributed by atoms with Crippen molar-refractivity contribution in [1.82, 2.24) is 0 Å². The molecule has 0 spiro atoms. The first kappa shape index (κ1) is 21.4. The van der Waals surface area contributed by atoms with Crippen LogP contribution >= 0.6 is 0 Å². The number of hydrogen-bond donors (Lipinski definition) is 1. The molecule has 0 heterocycles. The van der Waals surface area contributed by atoms with E-state index in [0.717, 1.165) is 6.07 Å². The minimum atomic E-state index is -4.55. The molecular weight excluding hydrogens is 398 g/mol. The smallest absolute Gasteiger partial charge is 0.419 e. The zero-order valence-corrected chi connectivity index (χ0v) is 16.5. The Morgan fingerprint density at radius 2 is 1.57 bits per heavy atom. The minimum absolute atomic E-state index is 0.0597. The highest BCUT2D eigenvalue weighted by molar-refractivity contribution is 6.05. The minimum Gasteiger partial charge on any atom is -0.457 e. The van der Waals surface area contributed by atoms with Gasteiger partial charge in [-0.15, -0.1) is 0 Å². The van der Waals surface area contributed by atoms with Gasteiger partial charge in [-0.1, -0.05) is 12.1 Å². The second-order valence-electron chi connectivity index (χ2n) is 7.02. The van der Waals surface area contributed by atoms with E-state index in [1.807, 2.05) is 0 Å². The van der Waals surface area contributed by atoms with Gasteiger partial charge in [-0.25, -0.2) is 4.39 Å². The highest BCUT2D eigenvalue weighted by atomic mass is 19.4. The molecule has 0 bridgehead atoms. The molecule has 0 aliphatic heterocycles. The van der Waals surface area contributed by atoms with Crippen LogP contribution in [0.3, 0.4) is 0 Å². The van der Waals surface area contributed by atoms with Crippen molar-refractivity contribution >= 4 is 11.6 Å². The predicted molar refractivity (Wildman–Crippen MR) is 107 cm³/mol. The number of amides is 1. The van der Waals surface area contributed by atoms with Crippen LogP contribution in [-0.2, 0) is 6.18 Å². The number of rotatable bonds is 4. The summed E-state index contributed by atoms with van der Waals surface area (Å²) in [7, 11) is 0. The molecule has 3 rings (SSSR count). The second-order valence-corrected chi connectivity index (χ2v) is 7.02. The molecule has 0 unspecified atom stereocenters. The molecule has 1 N–H and O–H groups in total. The summed E-state index contributed by atoms with van der Waals surface area (Å²) in [4.78, 5) is 12.4. The number of halogens is 4. The van der Waals surface area contributed by atoms with Crippen LogP contribution in [0.5, 0.6) is 11.5 Å². The number of nitrogens with one attached hydrogen (secondary N) is 1. The summed E-state index contributed by atoms with van der Waals surface area (Å²) in [5.41, 5.74) is 1.25. The topological polar surface area (TPSA) is 38.3 Å². The van der Waals surface area contributed by atoms with E-state index in [0.29, 0.717) is 22.4 Å². The normalized spacial score (nSPS) is 11.3. The number of hydrogen-bond acceptors (Lipinski definition) is 2. The number of alkyl halides is 3. The van der Waals surface area contributed by atoms with Crippen molar-refractivity contribution in [3.05, 3.63) is 88.2 Å². The van der Waals surface area contributed by atoms with Crippen LogP contribution in [0.4, 0.5) is 23.2 Å². The van der Waals surface area contributed by atoms with Crippen molar-refractivity contribution in [2.75, 3.05) is 5.32 Å². The van der Waals surface area contributed by atoms with E-state index < -0.39 is 23.5 Å². The van der Waals surface area contributed by atoms with Crippen molar-refractivity contribution in [2.45, 2.75) is 26.9 Å². The van der Waals surface area contributed by atoms with E-state index in [-0.39, 0.29) is 17.1 Å². The summed E-state index contributed by atoms with van der Waals surface area (Å²) in [6, 6.07) is 12.4. The Labute approximate surface area is 171 Å². The fraction of sp³-hybridized carbons (Fsp3) is 0.174. The molecule has 30 heavy (non-hydrogen) atoms. The first-order chi connectivity index (χ1) is 14.0. The van der Waals surface area contributed by atoms with Crippen molar-refractivity contribution in [3.8, 4) is 11.5 Å². The van der Waals surface area contributed by atoms with E-state index in [1.165, 1.54) is 42.5 Å². The average Bonchev–Trinajstić information content (AvgIpc) is 2.61. The average molecular weight is 417 g/mol. The number of ether oxygens (including phenoxy) is 1. The molecule has 3 nitrogen and oxygen atoms in total. The Morgan fingerprint density at radius 3 is 2.17 bits per heavy atom. The maximum Gasteiger partial charge on any atom is 0.419 e. The Kier molecular flexibility index (Phi) is 5.82. The summed E-state index contributed by atoms with van der Waals surface area (Å²) < 4.78 is 59.1. The third kappa shape index (κ3) is 4.79. The summed E-state index contributed by atoms with van der Waals surface area (Å²) in [6.07, 6.45) is -4.55.